The Balaban J connectivity index is 9.22. The highest BCUT2D eigenvalue weighted by molar-refractivity contribution is 7.74. The Hall–Kier alpha value is 1.12. The van der Waals surface area contributed by atoms with Gasteiger partial charge >= 0.3 is 60.8 Å². The van der Waals surface area contributed by atoms with Crippen LogP contribution >= 0.6 is 60.8 Å². The summed E-state index contributed by atoms with van der Waals surface area (Å²) in [6.07, 6.45) is -2.99. The van der Waals surface area contributed by atoms with E-state index in [1.807, 2.05) is 0 Å². The average Bonchev–Trinajstić information content (AvgIpc) is 2.48. The van der Waals surface area contributed by atoms with Crippen LogP contribution in [0.4, 0.5) is 0 Å². The Bertz CT molecular complexity index is 1240. The monoisotopic (exact) mass is 770 g/mol. The summed E-state index contributed by atoms with van der Waals surface area (Å²) in [6, 6.07) is 0. The van der Waals surface area contributed by atoms with E-state index in [0.717, 1.165) is 0 Å². The van der Waals surface area contributed by atoms with E-state index in [2.05, 4.69) is 0 Å². The van der Waals surface area contributed by atoms with Crippen molar-refractivity contribution in [1.29, 1.82) is 0 Å². The smallest absolute Gasteiger partial charge is 0.324 e. The molecule has 0 fully saturated rings. The molecule has 20 N–H and O–H groups in total. The molecule has 0 bridgehead atoms. The number of nitrogens with two attached hydrogens (primary N) is 2. The highest BCUT2D eigenvalue weighted by Crippen LogP contribution is 2.78. The molecule has 34 heteroatoms. The average molecular weight is 770 g/mol. The van der Waals surface area contributed by atoms with E-state index in [1.54, 1.807) is 0 Å². The summed E-state index contributed by atoms with van der Waals surface area (Å²) in [5.41, 5.74) is 0.386. The van der Waals surface area contributed by atoms with Gasteiger partial charge in [-0.25, -0.2) is 0 Å². The molecule has 0 aliphatic carbocycles. The van der Waals surface area contributed by atoms with Crippen molar-refractivity contribution in [3.05, 3.63) is 0 Å². The molecule has 0 spiro atoms. The van der Waals surface area contributed by atoms with Gasteiger partial charge in [-0.05, 0) is 6.42 Å². The third-order valence-electron chi connectivity index (χ3n) is 5.33. The largest absolute Gasteiger partial charge is 0.342 e. The van der Waals surface area contributed by atoms with Crippen molar-refractivity contribution in [2.45, 2.75) is 39.1 Å². The summed E-state index contributed by atoms with van der Waals surface area (Å²) in [6.45, 7) is 0. The number of hydrogen-bond donors (Lipinski definition) is 18. The van der Waals surface area contributed by atoms with Gasteiger partial charge < -0.3 is 89.8 Å². The van der Waals surface area contributed by atoms with Gasteiger partial charge in [-0.1, -0.05) is 0 Å². The van der Waals surface area contributed by atoms with Crippen LogP contribution in [-0.4, -0.2) is 111 Å². The van der Waals surface area contributed by atoms with E-state index in [1.165, 1.54) is 0 Å². The maximum Gasteiger partial charge on any atom is 0.342 e. The van der Waals surface area contributed by atoms with Gasteiger partial charge in [0.25, 0.3) is 0 Å². The van der Waals surface area contributed by atoms with Gasteiger partial charge in [-0.2, -0.15) is 0 Å². The molecule has 0 saturated carbocycles. The molecule has 248 valence electrons. The Labute approximate surface area is 226 Å². The molecule has 0 rings (SSSR count). The minimum absolute atomic E-state index is 2.99. The molecular weight excluding hydrogens is 744 g/mol. The van der Waals surface area contributed by atoms with E-state index in [4.69, 9.17) is 11.5 Å². The van der Waals surface area contributed by atoms with Crippen molar-refractivity contribution in [3.8, 4) is 0 Å². The predicted octanol–water partition coefficient (Wildman–Crippen LogP) is -4.50. The van der Waals surface area contributed by atoms with Gasteiger partial charge in [0, 0.05) is 0 Å². The quantitative estimate of drug-likeness (QED) is 0.0740. The molecular formula is C7H26N2O24P8. The molecule has 0 aromatic carbocycles. The molecule has 0 aliphatic heterocycles. The van der Waals surface area contributed by atoms with Crippen LogP contribution in [0.15, 0.2) is 0 Å². The number of hydrogen-bond acceptors (Lipinski definition) is 10. The first-order valence-electron chi connectivity index (χ1n) is 9.18. The van der Waals surface area contributed by atoms with E-state index in [9.17, 15) is 115 Å². The van der Waals surface area contributed by atoms with Crippen molar-refractivity contribution in [1.82, 2.24) is 0 Å². The fraction of sp³-hybridized carbons (Fsp3) is 1.00. The van der Waals surface area contributed by atoms with Crippen LogP contribution in [0.1, 0.15) is 6.42 Å². The first-order chi connectivity index (χ1) is 17.2. The van der Waals surface area contributed by atoms with Gasteiger partial charge in [-0.15, -0.1) is 0 Å². The summed E-state index contributed by atoms with van der Waals surface area (Å²) in [5, 5.41) is -17.9. The molecule has 0 aliphatic rings. The standard InChI is InChI=1S/C7H26N2O24P8/c8-6(3(36(16,17)18)37(19,20)21,1-2(34(10,11)12)35(13,14)15)7(9,4(38(22,23)24)39(25,26)27)5(40(28,29)30)41(31,32)33/h2-5H,1,8-9H2,(H2,10,11,12)(H2,13,14,15)(H2,16,17,18)(H2,19,20,21)(H2,22,23,24)(H2,25,26,27)(H2,28,29,30)(H2,31,32,33). The highest BCUT2D eigenvalue weighted by Gasteiger charge is 2.79. The fourth-order valence-corrected chi connectivity index (χ4v) is 17.6. The summed E-state index contributed by atoms with van der Waals surface area (Å²) in [7, 11) is -55.8. The topological polar surface area (TPSA) is 512 Å². The molecule has 26 nitrogen and oxygen atoms in total. The molecule has 0 saturated heterocycles. The Morgan fingerprint density at radius 3 is 0.732 bits per heavy atom. The lowest BCUT2D eigenvalue weighted by molar-refractivity contribution is 0.166. The second kappa shape index (κ2) is 12.0. The molecule has 0 aromatic rings. The normalized spacial score (nSPS) is 17.5. The van der Waals surface area contributed by atoms with Crippen molar-refractivity contribution < 1.29 is 115 Å². The van der Waals surface area contributed by atoms with Crippen molar-refractivity contribution in [3.63, 3.8) is 0 Å². The van der Waals surface area contributed by atoms with Crippen LogP contribution in [0.5, 0.6) is 0 Å². The Kier molecular flexibility index (Phi) is 12.4. The third kappa shape index (κ3) is 9.56. The van der Waals surface area contributed by atoms with Gasteiger partial charge in [-0.3, -0.25) is 36.5 Å². The van der Waals surface area contributed by atoms with Crippen LogP contribution in [0.2, 0.25) is 0 Å². The molecule has 1 atom stereocenters. The first-order valence-corrected chi connectivity index (χ1v) is 22.6. The predicted molar refractivity (Wildman–Crippen MR) is 130 cm³/mol. The summed E-state index contributed by atoms with van der Waals surface area (Å²) in [5.74, 6) is 0. The molecule has 1 unspecified atom stereocenters. The van der Waals surface area contributed by atoms with Crippen LogP contribution < -0.4 is 11.5 Å². The van der Waals surface area contributed by atoms with Gasteiger partial charge in [0.15, 0.2) is 21.6 Å². The van der Waals surface area contributed by atoms with Crippen molar-refractivity contribution in [2.75, 3.05) is 0 Å². The lowest BCUT2D eigenvalue weighted by Crippen LogP contribution is -2.79. The van der Waals surface area contributed by atoms with Gasteiger partial charge in [0.2, 0.25) is 0 Å². The lowest BCUT2D eigenvalue weighted by Gasteiger charge is -2.56. The van der Waals surface area contributed by atoms with E-state index < -0.39 is 99.9 Å². The van der Waals surface area contributed by atoms with E-state index in [-0.39, 0.29) is 0 Å². The minimum Gasteiger partial charge on any atom is -0.324 e. The molecule has 0 heterocycles. The zero-order valence-corrected chi connectivity index (χ0v) is 26.3. The zero-order chi connectivity index (χ0) is 34.0. The second-order valence-corrected chi connectivity index (χ2v) is 23.9. The Morgan fingerprint density at radius 1 is 0.390 bits per heavy atom. The van der Waals surface area contributed by atoms with Crippen LogP contribution in [0.3, 0.4) is 0 Å². The van der Waals surface area contributed by atoms with Crippen molar-refractivity contribution >= 4 is 60.8 Å². The molecule has 0 amide bonds. The van der Waals surface area contributed by atoms with E-state index >= 15 is 0 Å². The summed E-state index contributed by atoms with van der Waals surface area (Å²) < 4.78 is 97.7. The molecule has 0 radical (unpaired) electrons. The molecule has 0 aromatic heterocycles. The third-order valence-corrected chi connectivity index (χ3v) is 20.9. The van der Waals surface area contributed by atoms with Crippen LogP contribution in [-0.2, 0) is 36.5 Å². The zero-order valence-electron chi connectivity index (χ0n) is 19.2. The van der Waals surface area contributed by atoms with Crippen LogP contribution in [0, 0.1) is 0 Å². The first kappa shape index (κ1) is 42.1. The highest BCUT2D eigenvalue weighted by atomic mass is 31.3. The summed E-state index contributed by atoms with van der Waals surface area (Å²) in [4.78, 5) is 154. The van der Waals surface area contributed by atoms with Gasteiger partial charge in [0.1, 0.15) is 0 Å². The maximum atomic E-state index is 12.3. The SMILES string of the molecule is NC(CC(P(=O)(O)O)P(=O)(O)O)(C(P(=O)(O)O)P(=O)(O)O)C(N)(C(P(=O)(O)O)P(=O)(O)O)C(P(=O)(O)O)P(=O)(O)O. The maximum absolute atomic E-state index is 12.3. The van der Waals surface area contributed by atoms with Crippen LogP contribution in [0.25, 0.3) is 0 Å². The fourth-order valence-electron chi connectivity index (χ4n) is 4.16. The number of rotatable bonds is 14. The van der Waals surface area contributed by atoms with E-state index in [0.29, 0.717) is 0 Å². The lowest BCUT2D eigenvalue weighted by atomic mass is 9.79. The van der Waals surface area contributed by atoms with Gasteiger partial charge in [0.05, 0.1) is 11.1 Å². The van der Waals surface area contributed by atoms with Crippen molar-refractivity contribution in [2.24, 2.45) is 11.5 Å². The Morgan fingerprint density at radius 2 is 0.585 bits per heavy atom. The minimum atomic E-state index is -7.13. The molecule has 41 heavy (non-hydrogen) atoms. The summed E-state index contributed by atoms with van der Waals surface area (Å²) >= 11 is 0. The second-order valence-electron chi connectivity index (χ2n) is 8.49.